The van der Waals surface area contributed by atoms with E-state index < -0.39 is 17.5 Å². The average molecular weight is 263 g/mol. The minimum atomic E-state index is -0.908. The summed E-state index contributed by atoms with van der Waals surface area (Å²) in [5.74, 6) is -2.45. The first-order valence-electron chi connectivity index (χ1n) is 6.11. The molecule has 0 radical (unpaired) electrons. The molecule has 0 saturated heterocycles. The predicted octanol–water partition coefficient (Wildman–Crippen LogP) is 3.86. The van der Waals surface area contributed by atoms with Crippen molar-refractivity contribution in [2.24, 2.45) is 0 Å². The molecular weight excluding hydrogens is 251 g/mol. The van der Waals surface area contributed by atoms with Gasteiger partial charge in [0.15, 0.2) is 11.6 Å². The van der Waals surface area contributed by atoms with Crippen LogP contribution in [0.4, 0.5) is 18.9 Å². The van der Waals surface area contributed by atoms with Crippen LogP contribution in [0.3, 0.4) is 0 Å². The second-order valence-corrected chi connectivity index (χ2v) is 4.73. The lowest BCUT2D eigenvalue weighted by Gasteiger charge is -2.30. The Hall–Kier alpha value is -1.97. The minimum absolute atomic E-state index is 0.250. The van der Waals surface area contributed by atoms with Gasteiger partial charge in [-0.15, -0.1) is 0 Å². The summed E-state index contributed by atoms with van der Waals surface area (Å²) in [7, 11) is 0. The fraction of sp³-hybridized carbons (Fsp3) is 0.200. The monoisotopic (exact) mass is 263 g/mol. The van der Waals surface area contributed by atoms with E-state index in [-0.39, 0.29) is 11.6 Å². The molecule has 98 valence electrons. The molecule has 1 nitrogen and oxygen atoms in total. The van der Waals surface area contributed by atoms with E-state index in [9.17, 15) is 13.2 Å². The summed E-state index contributed by atoms with van der Waals surface area (Å²) in [6.45, 7) is 0.441. The van der Waals surface area contributed by atoms with Crippen LogP contribution in [0.2, 0.25) is 0 Å². The zero-order valence-electron chi connectivity index (χ0n) is 10.1. The Morgan fingerprint density at radius 1 is 1.05 bits per heavy atom. The molecule has 2 aromatic rings. The van der Waals surface area contributed by atoms with Gasteiger partial charge in [-0.2, -0.15) is 0 Å². The molecule has 0 amide bonds. The van der Waals surface area contributed by atoms with Crippen LogP contribution in [-0.2, 0) is 6.42 Å². The van der Waals surface area contributed by atoms with E-state index in [1.165, 1.54) is 11.1 Å². The Morgan fingerprint density at radius 3 is 2.42 bits per heavy atom. The Balaban J connectivity index is 1.72. The molecule has 19 heavy (non-hydrogen) atoms. The van der Waals surface area contributed by atoms with Crippen molar-refractivity contribution in [2.75, 3.05) is 11.9 Å². The number of nitrogens with one attached hydrogen (secondary N) is 1. The van der Waals surface area contributed by atoms with Crippen molar-refractivity contribution in [3.05, 3.63) is 65.0 Å². The largest absolute Gasteiger partial charge is 0.380 e. The van der Waals surface area contributed by atoms with E-state index >= 15 is 0 Å². The summed E-state index contributed by atoms with van der Waals surface area (Å²) in [6.07, 6.45) is 0.896. The van der Waals surface area contributed by atoms with Gasteiger partial charge in [0.1, 0.15) is 11.5 Å². The number of hydrogen-bond acceptors (Lipinski definition) is 1. The molecule has 0 fully saturated rings. The first-order valence-corrected chi connectivity index (χ1v) is 6.11. The van der Waals surface area contributed by atoms with Crippen LogP contribution in [0.1, 0.15) is 17.0 Å². The molecule has 0 spiro atoms. The molecule has 4 heteroatoms. The Kier molecular flexibility index (Phi) is 2.93. The maximum atomic E-state index is 13.4. The van der Waals surface area contributed by atoms with Gasteiger partial charge in [0.05, 0.1) is 0 Å². The summed E-state index contributed by atoms with van der Waals surface area (Å²) in [4.78, 5) is 0. The van der Waals surface area contributed by atoms with Crippen LogP contribution in [0.15, 0.2) is 36.4 Å². The fourth-order valence-electron chi connectivity index (χ4n) is 2.48. The van der Waals surface area contributed by atoms with Crippen molar-refractivity contribution >= 4 is 5.69 Å². The Bertz CT molecular complexity index is 602. The molecule has 0 aromatic heterocycles. The van der Waals surface area contributed by atoms with Crippen LogP contribution in [0, 0.1) is 17.5 Å². The highest BCUT2D eigenvalue weighted by atomic mass is 19.1. The number of benzene rings is 2. The number of rotatable bonds is 3. The smallest absolute Gasteiger partial charge is 0.152 e. The van der Waals surface area contributed by atoms with E-state index in [0.29, 0.717) is 18.7 Å². The van der Waals surface area contributed by atoms with Crippen molar-refractivity contribution in [3.63, 3.8) is 0 Å². The molecule has 0 saturated carbocycles. The molecule has 1 aliphatic rings. The summed E-state index contributed by atoms with van der Waals surface area (Å²) in [5.41, 5.74) is 2.22. The SMILES string of the molecule is Fc1cc(F)c(NCC2Cc3ccccc32)c(F)c1. The number of hydrogen-bond donors (Lipinski definition) is 1. The number of halogens is 3. The number of fused-ring (bicyclic) bond motifs is 1. The molecule has 1 aliphatic carbocycles. The van der Waals surface area contributed by atoms with Gasteiger partial charge in [0, 0.05) is 24.6 Å². The maximum absolute atomic E-state index is 13.4. The van der Waals surface area contributed by atoms with Gasteiger partial charge in [-0.3, -0.25) is 0 Å². The fourth-order valence-corrected chi connectivity index (χ4v) is 2.48. The average Bonchev–Trinajstić information content (AvgIpc) is 2.33. The highest BCUT2D eigenvalue weighted by Crippen LogP contribution is 2.35. The van der Waals surface area contributed by atoms with Crippen LogP contribution in [-0.4, -0.2) is 6.54 Å². The zero-order chi connectivity index (χ0) is 13.4. The van der Waals surface area contributed by atoms with Crippen LogP contribution < -0.4 is 5.32 Å². The highest BCUT2D eigenvalue weighted by Gasteiger charge is 2.25. The summed E-state index contributed by atoms with van der Waals surface area (Å²) in [5, 5.41) is 2.73. The van der Waals surface area contributed by atoms with Gasteiger partial charge in [-0.1, -0.05) is 24.3 Å². The van der Waals surface area contributed by atoms with E-state index in [0.717, 1.165) is 6.42 Å². The normalized spacial score (nSPS) is 16.7. The van der Waals surface area contributed by atoms with Gasteiger partial charge in [-0.05, 0) is 17.5 Å². The standard InChI is InChI=1S/C15H12F3N/c16-11-6-13(17)15(14(18)7-11)19-8-10-5-9-3-1-2-4-12(9)10/h1-4,6-7,10,19H,5,8H2. The van der Waals surface area contributed by atoms with E-state index in [1.807, 2.05) is 24.3 Å². The quantitative estimate of drug-likeness (QED) is 0.886. The van der Waals surface area contributed by atoms with Crippen LogP contribution in [0.5, 0.6) is 0 Å². The third-order valence-electron chi connectivity index (χ3n) is 3.49. The van der Waals surface area contributed by atoms with E-state index in [1.54, 1.807) is 0 Å². The molecule has 0 bridgehead atoms. The lowest BCUT2D eigenvalue weighted by Crippen LogP contribution is -2.24. The van der Waals surface area contributed by atoms with E-state index in [4.69, 9.17) is 0 Å². The first-order chi connectivity index (χ1) is 9.15. The van der Waals surface area contributed by atoms with Gasteiger partial charge in [0.2, 0.25) is 0 Å². The lowest BCUT2D eigenvalue weighted by atomic mass is 9.77. The van der Waals surface area contributed by atoms with Gasteiger partial charge < -0.3 is 5.32 Å². The van der Waals surface area contributed by atoms with Crippen molar-refractivity contribution in [2.45, 2.75) is 12.3 Å². The van der Waals surface area contributed by atoms with Crippen molar-refractivity contribution < 1.29 is 13.2 Å². The topological polar surface area (TPSA) is 12.0 Å². The lowest BCUT2D eigenvalue weighted by molar-refractivity contribution is 0.544. The first kappa shape index (κ1) is 12.1. The Labute approximate surface area is 109 Å². The zero-order valence-corrected chi connectivity index (χ0v) is 10.1. The summed E-state index contributed by atoms with van der Waals surface area (Å²) in [6, 6.07) is 9.35. The van der Waals surface area contributed by atoms with Gasteiger partial charge in [-0.25, -0.2) is 13.2 Å². The Morgan fingerprint density at radius 2 is 1.74 bits per heavy atom. The second-order valence-electron chi connectivity index (χ2n) is 4.73. The third-order valence-corrected chi connectivity index (χ3v) is 3.49. The summed E-state index contributed by atoms with van der Waals surface area (Å²) >= 11 is 0. The van der Waals surface area contributed by atoms with Gasteiger partial charge >= 0.3 is 0 Å². The molecule has 1 unspecified atom stereocenters. The molecule has 1 atom stereocenters. The maximum Gasteiger partial charge on any atom is 0.152 e. The highest BCUT2D eigenvalue weighted by molar-refractivity contribution is 5.48. The third kappa shape index (κ3) is 2.18. The second kappa shape index (κ2) is 4.61. The molecule has 0 aliphatic heterocycles. The minimum Gasteiger partial charge on any atom is -0.380 e. The van der Waals surface area contributed by atoms with Crippen LogP contribution >= 0.6 is 0 Å². The molecule has 1 N–H and O–H groups in total. The van der Waals surface area contributed by atoms with Gasteiger partial charge in [0.25, 0.3) is 0 Å². The molecule has 0 heterocycles. The molecule has 3 rings (SSSR count). The predicted molar refractivity (Wildman–Crippen MR) is 67.7 cm³/mol. The van der Waals surface area contributed by atoms with Crippen LogP contribution in [0.25, 0.3) is 0 Å². The van der Waals surface area contributed by atoms with Crippen molar-refractivity contribution in [1.82, 2.24) is 0 Å². The van der Waals surface area contributed by atoms with Crippen molar-refractivity contribution in [1.29, 1.82) is 0 Å². The molecular formula is C15H12F3N. The van der Waals surface area contributed by atoms with Crippen molar-refractivity contribution in [3.8, 4) is 0 Å². The van der Waals surface area contributed by atoms with E-state index in [2.05, 4.69) is 5.32 Å². The summed E-state index contributed by atoms with van der Waals surface area (Å²) < 4.78 is 39.6. The molecule has 2 aromatic carbocycles. The number of anilines is 1.